The molecule has 1 saturated heterocycles. The van der Waals surface area contributed by atoms with Crippen molar-refractivity contribution in [2.45, 2.75) is 65.8 Å². The maximum atomic E-state index is 12.5. The predicted molar refractivity (Wildman–Crippen MR) is 166 cm³/mol. The molecule has 2 rings (SSSR count). The highest BCUT2D eigenvalue weighted by Gasteiger charge is 2.27. The first kappa shape index (κ1) is 32.2. The molecule has 0 aromatic rings. The van der Waals surface area contributed by atoms with Crippen LogP contribution in [0.5, 0.6) is 0 Å². The van der Waals surface area contributed by atoms with E-state index in [1.54, 1.807) is 0 Å². The summed E-state index contributed by atoms with van der Waals surface area (Å²) in [5.41, 5.74) is 6.07. The molecule has 0 aromatic carbocycles. The summed E-state index contributed by atoms with van der Waals surface area (Å²) in [5.74, 6) is 0.971. The smallest absolute Gasteiger partial charge is 0.223 e. The number of rotatable bonds is 12. The van der Waals surface area contributed by atoms with Crippen molar-refractivity contribution >= 4 is 17.8 Å². The lowest BCUT2D eigenvalue weighted by Gasteiger charge is -2.32. The van der Waals surface area contributed by atoms with Gasteiger partial charge in [0.05, 0.1) is 5.71 Å². The molecule has 1 fully saturated rings. The molecule has 39 heavy (non-hydrogen) atoms. The zero-order chi connectivity index (χ0) is 28.8. The van der Waals surface area contributed by atoms with Crippen molar-refractivity contribution in [3.05, 3.63) is 71.7 Å². The second kappa shape index (κ2) is 16.2. The molecular weight excluding hydrogens is 484 g/mol. The van der Waals surface area contributed by atoms with Crippen LogP contribution >= 0.6 is 0 Å². The fourth-order valence-electron chi connectivity index (χ4n) is 4.62. The normalized spacial score (nSPS) is 20.2. The topological polar surface area (TPSA) is 83.8 Å². The molecule has 2 aliphatic rings. The van der Waals surface area contributed by atoms with Gasteiger partial charge in [0.25, 0.3) is 0 Å². The second-order valence-corrected chi connectivity index (χ2v) is 11.2. The average Bonchev–Trinajstić information content (AvgIpc) is 3.09. The van der Waals surface area contributed by atoms with Gasteiger partial charge in [-0.25, -0.2) is 10.4 Å². The van der Waals surface area contributed by atoms with E-state index in [2.05, 4.69) is 52.1 Å². The number of likely N-dealkylation sites (tertiary alicyclic amines) is 1. The molecule has 1 amide bonds. The van der Waals surface area contributed by atoms with Crippen molar-refractivity contribution in [2.75, 3.05) is 33.7 Å². The summed E-state index contributed by atoms with van der Waals surface area (Å²) in [6.45, 7) is 13.1. The van der Waals surface area contributed by atoms with Crippen LogP contribution in [0.25, 0.3) is 0 Å². The highest BCUT2D eigenvalue weighted by atomic mass is 16.2. The lowest BCUT2D eigenvalue weighted by Crippen LogP contribution is -2.47. The Labute approximate surface area is 236 Å². The van der Waals surface area contributed by atoms with Crippen molar-refractivity contribution in [2.24, 2.45) is 16.8 Å². The Balaban J connectivity index is 2.10. The monoisotopic (exact) mass is 534 g/mol. The molecule has 0 aromatic heterocycles. The van der Waals surface area contributed by atoms with Gasteiger partial charge >= 0.3 is 0 Å². The molecular formula is C32H50N6O. The van der Waals surface area contributed by atoms with Gasteiger partial charge in [0.1, 0.15) is 5.82 Å². The van der Waals surface area contributed by atoms with Gasteiger partial charge in [0, 0.05) is 44.2 Å². The molecule has 7 nitrogen and oxygen atoms in total. The summed E-state index contributed by atoms with van der Waals surface area (Å²) in [7, 11) is 3.80. The molecule has 0 radical (unpaired) electrons. The zero-order valence-electron chi connectivity index (χ0n) is 25.1. The summed E-state index contributed by atoms with van der Waals surface area (Å²) in [4.78, 5) is 20.0. The van der Waals surface area contributed by atoms with Crippen molar-refractivity contribution in [3.63, 3.8) is 0 Å². The van der Waals surface area contributed by atoms with Crippen LogP contribution in [0.4, 0.5) is 0 Å². The van der Waals surface area contributed by atoms with E-state index < -0.39 is 0 Å². The number of nitrogens with zero attached hydrogens (tertiary/aromatic N) is 3. The quantitative estimate of drug-likeness (QED) is 0.173. The van der Waals surface area contributed by atoms with E-state index in [1.165, 1.54) is 6.21 Å². The summed E-state index contributed by atoms with van der Waals surface area (Å²) in [6, 6.07) is 0. The van der Waals surface area contributed by atoms with Crippen molar-refractivity contribution in [1.82, 2.24) is 20.7 Å². The third-order valence-corrected chi connectivity index (χ3v) is 6.87. The van der Waals surface area contributed by atoms with E-state index in [0.29, 0.717) is 0 Å². The molecule has 2 aliphatic heterocycles. The molecule has 1 unspecified atom stereocenters. The number of aliphatic imine (C=N–C) groups is 1. The number of allylic oxidation sites excluding steroid dienone is 10. The Morgan fingerprint density at radius 3 is 2.49 bits per heavy atom. The number of nitrogens with one attached hydrogen (secondary N) is 3. The molecule has 0 aliphatic carbocycles. The van der Waals surface area contributed by atoms with Crippen LogP contribution in [-0.4, -0.2) is 67.0 Å². The molecule has 214 valence electrons. The Bertz CT molecular complexity index is 1030. The second-order valence-electron chi connectivity index (χ2n) is 11.2. The first-order valence-electron chi connectivity index (χ1n) is 14.2. The molecule has 0 bridgehead atoms. The van der Waals surface area contributed by atoms with Gasteiger partial charge in [-0.15, -0.1) is 0 Å². The maximum Gasteiger partial charge on any atom is 0.223 e. The van der Waals surface area contributed by atoms with Crippen LogP contribution in [0.1, 0.15) is 60.3 Å². The number of piperidine rings is 1. The number of hydrogen-bond donors (Lipinski definition) is 3. The van der Waals surface area contributed by atoms with Crippen molar-refractivity contribution < 1.29 is 4.79 Å². The van der Waals surface area contributed by atoms with E-state index in [0.717, 1.165) is 68.0 Å². The van der Waals surface area contributed by atoms with Crippen LogP contribution in [0.3, 0.4) is 0 Å². The van der Waals surface area contributed by atoms with Gasteiger partial charge < -0.3 is 15.6 Å². The minimum atomic E-state index is -0.178. The van der Waals surface area contributed by atoms with Crippen LogP contribution in [0.2, 0.25) is 0 Å². The number of hydrogen-bond acceptors (Lipinski definition) is 6. The van der Waals surface area contributed by atoms with Gasteiger partial charge in [0.2, 0.25) is 5.91 Å². The largest absolute Gasteiger partial charge is 0.351 e. The van der Waals surface area contributed by atoms with Gasteiger partial charge in [0.15, 0.2) is 0 Å². The number of carbonyl (C=O) groups excluding carboxylic acids is 1. The Hall–Kier alpha value is -3.03. The van der Waals surface area contributed by atoms with Gasteiger partial charge in [-0.2, -0.15) is 0 Å². The first-order valence-corrected chi connectivity index (χ1v) is 14.2. The van der Waals surface area contributed by atoms with Crippen LogP contribution < -0.4 is 10.7 Å². The van der Waals surface area contributed by atoms with Gasteiger partial charge in [-0.05, 0) is 90.6 Å². The lowest BCUT2D eigenvalue weighted by atomic mass is 9.94. The summed E-state index contributed by atoms with van der Waals surface area (Å²) in [6.07, 6.45) is 23.9. The zero-order valence-corrected chi connectivity index (χ0v) is 25.1. The Morgan fingerprint density at radius 1 is 1.18 bits per heavy atom. The standard InChI is InChI=1S/C32H50N6O/c1-8-10-11-12-16-28-22-25(24-33)23-29(37(7)34-6)35-30(28)26(9-2)15-13-14-19-38-20-17-27(18-21-38)31(39)36-32(3,4)5/h8-13,15,22-25,27,33-34H,14,16-21H2,1-7H3,(H,36,39)/b10-8-,12-11-,15-13-,26-9+,33-24?. The Morgan fingerprint density at radius 2 is 1.90 bits per heavy atom. The fraction of sp³-hybridized carbons (Fsp3) is 0.531. The third-order valence-electron chi connectivity index (χ3n) is 6.87. The fourth-order valence-corrected chi connectivity index (χ4v) is 4.62. The molecule has 1 atom stereocenters. The minimum absolute atomic E-state index is 0.119. The van der Waals surface area contributed by atoms with E-state index in [-0.39, 0.29) is 23.3 Å². The van der Waals surface area contributed by atoms with Gasteiger partial charge in [-0.3, -0.25) is 9.80 Å². The maximum absolute atomic E-state index is 12.5. The van der Waals surface area contributed by atoms with Crippen LogP contribution in [-0.2, 0) is 4.79 Å². The highest BCUT2D eigenvalue weighted by Crippen LogP contribution is 2.24. The highest BCUT2D eigenvalue weighted by molar-refractivity contribution is 6.15. The van der Waals surface area contributed by atoms with Crippen molar-refractivity contribution in [1.29, 1.82) is 5.41 Å². The number of hydrazine groups is 1. The summed E-state index contributed by atoms with van der Waals surface area (Å²) in [5, 5.41) is 13.0. The van der Waals surface area contributed by atoms with E-state index in [9.17, 15) is 4.79 Å². The Kier molecular flexibility index (Phi) is 13.3. The van der Waals surface area contributed by atoms with E-state index >= 15 is 0 Å². The number of amides is 1. The van der Waals surface area contributed by atoms with Crippen molar-refractivity contribution in [3.8, 4) is 0 Å². The lowest BCUT2D eigenvalue weighted by molar-refractivity contribution is -0.127. The summed E-state index contributed by atoms with van der Waals surface area (Å²) < 4.78 is 0. The molecule has 2 heterocycles. The van der Waals surface area contributed by atoms with Gasteiger partial charge in [-0.1, -0.05) is 48.6 Å². The molecule has 3 N–H and O–H groups in total. The molecule has 0 saturated carbocycles. The SMILES string of the molecule is C/C=C\C=C/CC1=CC(C=N)C=C(N(C)NC)N=C1C(/C=C\CCN1CCC(C(=O)NC(C)(C)C)CC1)=C/C. The average molecular weight is 535 g/mol. The molecule has 0 spiro atoms. The first-order chi connectivity index (χ1) is 18.6. The van der Waals surface area contributed by atoms with E-state index in [4.69, 9.17) is 10.4 Å². The number of carbonyl (C=O) groups is 1. The summed E-state index contributed by atoms with van der Waals surface area (Å²) >= 11 is 0. The van der Waals surface area contributed by atoms with Crippen LogP contribution in [0.15, 0.2) is 76.6 Å². The molecule has 7 heteroatoms. The minimum Gasteiger partial charge on any atom is -0.351 e. The van der Waals surface area contributed by atoms with E-state index in [1.807, 2.05) is 72.0 Å². The third kappa shape index (κ3) is 10.9. The van der Waals surface area contributed by atoms with Crippen LogP contribution in [0, 0.1) is 17.2 Å². The predicted octanol–water partition coefficient (Wildman–Crippen LogP) is 5.58.